The number of hydrogen-bond donors (Lipinski definition) is 0. The van der Waals surface area contributed by atoms with Gasteiger partial charge >= 0.3 is 0 Å². The van der Waals surface area contributed by atoms with Crippen LogP contribution in [0.5, 0.6) is 0 Å². The van der Waals surface area contributed by atoms with Crippen LogP contribution < -0.4 is 21.2 Å². The highest BCUT2D eigenvalue weighted by molar-refractivity contribution is 7.68. The molecule has 16 heteroatoms. The molecule has 4 aromatic heterocycles. The van der Waals surface area contributed by atoms with Gasteiger partial charge in [-0.05, 0) is 214 Å². The lowest BCUT2D eigenvalue weighted by Crippen LogP contribution is -2.31. The van der Waals surface area contributed by atoms with Gasteiger partial charge in [0.15, 0.2) is 0 Å². The average molecular weight is 1730 g/mol. The van der Waals surface area contributed by atoms with Crippen molar-refractivity contribution in [3.05, 3.63) is 263 Å². The molecule has 8 aromatic carbocycles. The van der Waals surface area contributed by atoms with Gasteiger partial charge < -0.3 is 0 Å². The van der Waals surface area contributed by atoms with Crippen molar-refractivity contribution in [1.82, 2.24) is 60.0 Å². The lowest BCUT2D eigenvalue weighted by molar-refractivity contribution is 0.487. The summed E-state index contributed by atoms with van der Waals surface area (Å²) in [6.07, 6.45) is 64.9. The molecule has 8 fully saturated rings. The quantitative estimate of drug-likeness (QED) is 0.0351. The molecule has 0 N–H and O–H groups in total. The highest BCUT2D eigenvalue weighted by Gasteiger charge is 2.41. The summed E-state index contributed by atoms with van der Waals surface area (Å²) in [4.78, 5) is 0. The van der Waals surface area contributed by atoms with Gasteiger partial charge in [0.25, 0.3) is 0 Å². The normalized spacial score (nSPS) is 19.0. The second-order valence-corrected chi connectivity index (χ2v) is 50.1. The Morgan fingerprint density at radius 2 is 0.360 bits per heavy atom. The molecule has 0 amide bonds. The Balaban J connectivity index is 0.622. The van der Waals surface area contributed by atoms with Crippen LogP contribution in [0.25, 0.3) is 45.0 Å². The maximum absolute atomic E-state index is 4.91. The number of benzene rings is 8. The van der Waals surface area contributed by atoms with Crippen molar-refractivity contribution in [1.29, 1.82) is 0 Å². The molecule has 0 radical (unpaired) electrons. The average Bonchev–Trinajstić information content (AvgIpc) is 1.44. The van der Waals surface area contributed by atoms with Gasteiger partial charge in [-0.25, -0.2) is 18.7 Å². The zero-order valence-corrected chi connectivity index (χ0v) is 77.7. The first-order valence-electron chi connectivity index (χ1n) is 49.4. The third kappa shape index (κ3) is 19.8. The molecule has 0 spiro atoms. The molecular formula is C109H132N12P4. The largest absolute Gasteiger partial charge is 0.247 e. The van der Waals surface area contributed by atoms with Crippen LogP contribution in [0.3, 0.4) is 0 Å². The summed E-state index contributed by atoms with van der Waals surface area (Å²) < 4.78 is 8.12. The van der Waals surface area contributed by atoms with Crippen molar-refractivity contribution in [3.63, 3.8) is 0 Å². The molecule has 20 rings (SSSR count). The molecule has 0 unspecified atom stereocenters. The monoisotopic (exact) mass is 1730 g/mol. The van der Waals surface area contributed by atoms with Gasteiger partial charge in [0.2, 0.25) is 0 Å². The van der Waals surface area contributed by atoms with Crippen LogP contribution in [0.15, 0.2) is 219 Å². The van der Waals surface area contributed by atoms with E-state index in [4.69, 9.17) is 41.2 Å². The summed E-state index contributed by atoms with van der Waals surface area (Å²) in [7, 11) is -0.669. The van der Waals surface area contributed by atoms with Crippen LogP contribution in [-0.4, -0.2) is 105 Å². The first kappa shape index (κ1) is 85.2. The molecule has 0 bridgehead atoms. The van der Waals surface area contributed by atoms with E-state index in [1.54, 1.807) is 21.2 Å². The first-order chi connectivity index (χ1) is 61.9. The Labute approximate surface area is 750 Å². The van der Waals surface area contributed by atoms with E-state index >= 15 is 0 Å². The summed E-state index contributed by atoms with van der Waals surface area (Å²) in [6, 6.07) is 75.9. The third-order valence-electron chi connectivity index (χ3n) is 30.7. The summed E-state index contributed by atoms with van der Waals surface area (Å²) in [6.45, 7) is 2.68. The van der Waals surface area contributed by atoms with Crippen LogP contribution in [0.1, 0.15) is 301 Å². The number of nitrogens with zero attached hydrogens (tertiary/aromatic N) is 12. The van der Waals surface area contributed by atoms with E-state index in [1.165, 1.54) is 279 Å². The van der Waals surface area contributed by atoms with E-state index in [1.807, 2.05) is 18.7 Å². The van der Waals surface area contributed by atoms with Gasteiger partial charge in [0.05, 0.1) is 56.4 Å². The van der Waals surface area contributed by atoms with Crippen LogP contribution >= 0.6 is 31.7 Å². The van der Waals surface area contributed by atoms with Gasteiger partial charge in [-0.2, -0.15) is 0 Å². The Hall–Kier alpha value is -7.96. The van der Waals surface area contributed by atoms with Gasteiger partial charge in [-0.15, -0.1) is 20.4 Å². The summed E-state index contributed by atoms with van der Waals surface area (Å²) in [5, 5.41) is 45.4. The third-order valence-corrected chi connectivity index (χ3v) is 44.7. The Bertz CT molecular complexity index is 4610. The van der Waals surface area contributed by atoms with E-state index in [9.17, 15) is 0 Å². The van der Waals surface area contributed by atoms with Crippen LogP contribution in [-0.2, 0) is 31.6 Å². The first-order valence-corrected chi connectivity index (χ1v) is 55.3. The molecule has 12 nitrogen and oxygen atoms in total. The Morgan fingerprint density at radius 1 is 0.200 bits per heavy atom. The maximum Gasteiger partial charge on any atom is 0.113 e. The molecule has 0 aliphatic heterocycles. The summed E-state index contributed by atoms with van der Waals surface area (Å²) >= 11 is 0. The fourth-order valence-electron chi connectivity index (χ4n) is 24.2. The summed E-state index contributed by atoms with van der Waals surface area (Å²) in [5.74, 6) is 0. The molecule has 125 heavy (non-hydrogen) atoms. The van der Waals surface area contributed by atoms with Crippen LogP contribution in [0, 0.1) is 0 Å². The minimum atomic E-state index is -0.847. The van der Waals surface area contributed by atoms with E-state index in [0.717, 1.165) is 113 Å². The molecule has 0 atom stereocenters. The fourth-order valence-corrected chi connectivity index (χ4v) is 39.3. The van der Waals surface area contributed by atoms with Crippen molar-refractivity contribution in [2.45, 2.75) is 334 Å². The zero-order chi connectivity index (χ0) is 83.5. The van der Waals surface area contributed by atoms with Crippen molar-refractivity contribution in [2.75, 3.05) is 0 Å². The lowest BCUT2D eigenvalue weighted by atomic mass is 9.64. The Morgan fingerprint density at radius 3 is 0.520 bits per heavy atom. The van der Waals surface area contributed by atoms with E-state index < -0.39 is 5.41 Å². The topological polar surface area (TPSA) is 123 Å². The molecular weight excluding hydrogens is 1600 g/mol. The zero-order valence-electron chi connectivity index (χ0n) is 74.2. The lowest BCUT2D eigenvalue weighted by Gasteiger charge is -2.38. The SMILES string of the molecule is c1cc(P(C2CCCCC2)C2CCCCC2)ccc1Cn1cc(-c2ccc(C(c3ccc(-c4cn(Cc5ccc(P(C6CCCCC6)C6CCCCC6)cc5)nn4)cc3)(c3ccc(-c4cn(Cc5ccc(P(C6CCCCC6)C6CCCCC6)cc5)nn4)cc3)c3ccc(-c4cn(Cc5ccc(P(C6CCCCC6)C6CCCCC6)cc5)nn4)cc3)cc2)nn1. The van der Waals surface area contributed by atoms with Crippen molar-refractivity contribution >= 4 is 52.9 Å². The second-order valence-electron chi connectivity index (χ2n) is 38.9. The maximum atomic E-state index is 4.91. The minimum absolute atomic E-state index is 0.167. The predicted octanol–water partition coefficient (Wildman–Crippen LogP) is 26.4. The molecule has 4 heterocycles. The van der Waals surface area contributed by atoms with E-state index in [0.29, 0.717) is 26.2 Å². The number of rotatable bonds is 28. The highest BCUT2D eigenvalue weighted by Crippen LogP contribution is 2.60. The van der Waals surface area contributed by atoms with E-state index in [2.05, 4.69) is 219 Å². The highest BCUT2D eigenvalue weighted by atomic mass is 31.1. The molecule has 8 aliphatic rings. The van der Waals surface area contributed by atoms with Crippen molar-refractivity contribution < 1.29 is 0 Å². The number of hydrogen-bond acceptors (Lipinski definition) is 8. The fraction of sp³-hybridized carbons (Fsp3) is 0.486. The van der Waals surface area contributed by atoms with Gasteiger partial charge in [-0.3, -0.25) is 0 Å². The predicted molar refractivity (Wildman–Crippen MR) is 524 cm³/mol. The standard InChI is InChI=1S/C109H132N12P4/c1-9-25-93(26-10-1)122(94-27-11-2-12-28-94)101-65-41-81(42-66-101)73-118-77-105(110-114-118)85-49-57-89(58-50-85)109(90-59-51-86(52-60-90)106-78-119(115-111-106)74-82-43-67-102(68-44-82)123(95-29-13-3-14-30-95)96-31-15-4-16-32-96,91-61-53-87(54-62-91)107-79-120(116-112-107)75-83-45-69-103(70-46-83)124(97-33-17-5-18-34-97)98-35-19-6-20-36-98)92-63-55-88(56-64-92)108-80-121(117-113-108)76-84-47-71-104(72-48-84)125(99-37-21-7-22-38-99)100-39-23-8-24-40-100/h41-72,77-80,93-100H,1-40,73-76H2. The summed E-state index contributed by atoms with van der Waals surface area (Å²) in [5.41, 5.74) is 23.2. The number of aromatic nitrogens is 12. The Kier molecular flexibility index (Phi) is 27.8. The van der Waals surface area contributed by atoms with Crippen molar-refractivity contribution in [3.8, 4) is 45.0 Å². The van der Waals surface area contributed by atoms with E-state index in [-0.39, 0.29) is 31.7 Å². The molecule has 648 valence electrons. The van der Waals surface area contributed by atoms with Crippen LogP contribution in [0.2, 0.25) is 0 Å². The van der Waals surface area contributed by atoms with Gasteiger partial charge in [0, 0.05) is 22.3 Å². The minimum Gasteiger partial charge on any atom is -0.247 e. The smallest absolute Gasteiger partial charge is 0.113 e. The molecule has 8 saturated carbocycles. The van der Waals surface area contributed by atoms with Crippen LogP contribution in [0.4, 0.5) is 0 Å². The molecule has 8 aliphatic carbocycles. The van der Waals surface area contributed by atoms with Gasteiger partial charge in [0.1, 0.15) is 22.8 Å². The molecule has 12 aromatic rings. The second kappa shape index (κ2) is 40.8. The molecule has 0 saturated heterocycles. The van der Waals surface area contributed by atoms with Crippen molar-refractivity contribution in [2.24, 2.45) is 0 Å². The van der Waals surface area contributed by atoms with Gasteiger partial charge in [-0.1, -0.05) is 401 Å².